The number of hydrogen-bond donors (Lipinski definition) is 1. The molecule has 0 aliphatic heterocycles. The maximum Gasteiger partial charge on any atom is 0.256 e. The summed E-state index contributed by atoms with van der Waals surface area (Å²) in [5.74, 6) is -0.236. The molecule has 1 aromatic carbocycles. The van der Waals surface area contributed by atoms with E-state index in [2.05, 4.69) is 25.8 Å². The SMILES string of the molecule is Cc1ncn(CCNC(=O)c2cccc(-n3cnnn3)c2)c(=O)c1C. The molecule has 0 saturated carbocycles. The quantitative estimate of drug-likeness (QED) is 0.715. The van der Waals surface area contributed by atoms with Crippen LogP contribution < -0.4 is 10.9 Å². The number of hydrogen-bond acceptors (Lipinski definition) is 6. The predicted octanol–water partition coefficient (Wildman–Crippen LogP) is 0.266. The number of aryl methyl sites for hydroxylation is 1. The Morgan fingerprint density at radius 1 is 1.24 bits per heavy atom. The Hall–Kier alpha value is -3.36. The minimum atomic E-state index is -0.236. The molecule has 0 aliphatic rings. The number of nitrogens with zero attached hydrogens (tertiary/aromatic N) is 6. The van der Waals surface area contributed by atoms with Crippen molar-refractivity contribution >= 4 is 5.91 Å². The molecule has 0 spiro atoms. The van der Waals surface area contributed by atoms with Gasteiger partial charge >= 0.3 is 0 Å². The average Bonchev–Trinajstić information content (AvgIpc) is 3.16. The van der Waals surface area contributed by atoms with Crippen LogP contribution in [0, 0.1) is 13.8 Å². The highest BCUT2D eigenvalue weighted by molar-refractivity contribution is 5.94. The molecule has 0 atom stereocenters. The lowest BCUT2D eigenvalue weighted by Crippen LogP contribution is -2.32. The summed E-state index contributed by atoms with van der Waals surface area (Å²) in [4.78, 5) is 28.6. The van der Waals surface area contributed by atoms with Crippen LogP contribution in [0.3, 0.4) is 0 Å². The van der Waals surface area contributed by atoms with Gasteiger partial charge in [0.05, 0.1) is 12.0 Å². The van der Waals surface area contributed by atoms with Gasteiger partial charge in [0.1, 0.15) is 6.33 Å². The summed E-state index contributed by atoms with van der Waals surface area (Å²) in [6, 6.07) is 6.94. The van der Waals surface area contributed by atoms with Gasteiger partial charge in [-0.2, -0.15) is 0 Å². The number of carbonyl (C=O) groups excluding carboxylic acids is 1. The lowest BCUT2D eigenvalue weighted by atomic mass is 10.2. The van der Waals surface area contributed by atoms with E-state index in [0.717, 1.165) is 0 Å². The van der Waals surface area contributed by atoms with Gasteiger partial charge in [0.2, 0.25) is 0 Å². The number of aromatic nitrogens is 6. The van der Waals surface area contributed by atoms with E-state index < -0.39 is 0 Å². The van der Waals surface area contributed by atoms with Crippen LogP contribution in [0.4, 0.5) is 0 Å². The molecule has 0 unspecified atom stereocenters. The molecular weight excluding hydrogens is 322 g/mol. The van der Waals surface area contributed by atoms with Gasteiger partial charge < -0.3 is 5.32 Å². The topological polar surface area (TPSA) is 108 Å². The minimum absolute atomic E-state index is 0.0950. The van der Waals surface area contributed by atoms with Gasteiger partial charge in [-0.1, -0.05) is 6.07 Å². The van der Waals surface area contributed by atoms with Gasteiger partial charge in [0.15, 0.2) is 0 Å². The Bertz CT molecular complexity index is 947. The fourth-order valence-corrected chi connectivity index (χ4v) is 2.30. The summed E-state index contributed by atoms with van der Waals surface area (Å²) in [6.45, 7) is 4.20. The molecule has 2 heterocycles. The Morgan fingerprint density at radius 3 is 2.84 bits per heavy atom. The van der Waals surface area contributed by atoms with Crippen LogP contribution in [0.25, 0.3) is 5.69 Å². The van der Waals surface area contributed by atoms with Crippen LogP contribution in [0.1, 0.15) is 21.6 Å². The van der Waals surface area contributed by atoms with E-state index in [-0.39, 0.29) is 11.5 Å². The molecule has 0 bridgehead atoms. The number of amides is 1. The first-order valence-electron chi connectivity index (χ1n) is 7.70. The summed E-state index contributed by atoms with van der Waals surface area (Å²) < 4.78 is 2.96. The monoisotopic (exact) mass is 339 g/mol. The van der Waals surface area contributed by atoms with Crippen molar-refractivity contribution in [2.45, 2.75) is 20.4 Å². The predicted molar refractivity (Wildman–Crippen MR) is 89.5 cm³/mol. The average molecular weight is 339 g/mol. The Morgan fingerprint density at radius 2 is 2.08 bits per heavy atom. The summed E-state index contributed by atoms with van der Waals surface area (Å²) >= 11 is 0. The molecule has 9 nitrogen and oxygen atoms in total. The lowest BCUT2D eigenvalue weighted by Gasteiger charge is -2.09. The van der Waals surface area contributed by atoms with Crippen molar-refractivity contribution in [1.29, 1.82) is 0 Å². The number of carbonyl (C=O) groups is 1. The maximum absolute atomic E-state index is 12.3. The fourth-order valence-electron chi connectivity index (χ4n) is 2.30. The molecule has 0 radical (unpaired) electrons. The Labute approximate surface area is 143 Å². The molecule has 25 heavy (non-hydrogen) atoms. The van der Waals surface area contributed by atoms with Crippen molar-refractivity contribution in [3.05, 3.63) is 64.1 Å². The van der Waals surface area contributed by atoms with Crippen LogP contribution in [0.5, 0.6) is 0 Å². The molecule has 3 rings (SSSR count). The maximum atomic E-state index is 12.3. The van der Waals surface area contributed by atoms with Crippen molar-refractivity contribution in [3.8, 4) is 5.69 Å². The number of tetrazole rings is 1. The van der Waals surface area contributed by atoms with E-state index in [1.54, 1.807) is 38.1 Å². The Kier molecular flexibility index (Phi) is 4.64. The lowest BCUT2D eigenvalue weighted by molar-refractivity contribution is 0.0952. The molecule has 1 N–H and O–H groups in total. The highest BCUT2D eigenvalue weighted by atomic mass is 16.1. The molecule has 9 heteroatoms. The summed E-state index contributed by atoms with van der Waals surface area (Å²) in [7, 11) is 0. The highest BCUT2D eigenvalue weighted by Gasteiger charge is 2.08. The molecule has 0 saturated heterocycles. The van der Waals surface area contributed by atoms with Gasteiger partial charge in [-0.25, -0.2) is 9.67 Å². The molecular formula is C16H17N7O2. The van der Waals surface area contributed by atoms with Gasteiger partial charge in [-0.05, 0) is 42.5 Å². The van der Waals surface area contributed by atoms with Gasteiger partial charge in [0, 0.05) is 29.9 Å². The zero-order valence-corrected chi connectivity index (χ0v) is 13.9. The van der Waals surface area contributed by atoms with Crippen LogP contribution >= 0.6 is 0 Å². The third-order valence-electron chi connectivity index (χ3n) is 3.88. The van der Waals surface area contributed by atoms with Crippen LogP contribution in [-0.4, -0.2) is 42.2 Å². The number of benzene rings is 1. The van der Waals surface area contributed by atoms with Gasteiger partial charge in [-0.15, -0.1) is 5.10 Å². The molecule has 128 valence electrons. The first kappa shape index (κ1) is 16.5. The van der Waals surface area contributed by atoms with Crippen LogP contribution in [0.15, 0.2) is 41.7 Å². The van der Waals surface area contributed by atoms with E-state index >= 15 is 0 Å². The number of rotatable bonds is 5. The molecule has 1 amide bonds. The molecule has 2 aromatic heterocycles. The summed E-state index contributed by atoms with van der Waals surface area (Å²) in [6.07, 6.45) is 2.95. The van der Waals surface area contributed by atoms with Gasteiger partial charge in [-0.3, -0.25) is 14.2 Å². The smallest absolute Gasteiger partial charge is 0.256 e. The van der Waals surface area contributed by atoms with Crippen LogP contribution in [0.2, 0.25) is 0 Å². The first-order chi connectivity index (χ1) is 12.1. The number of nitrogens with one attached hydrogen (secondary N) is 1. The zero-order valence-electron chi connectivity index (χ0n) is 13.9. The van der Waals surface area contributed by atoms with Crippen molar-refractivity contribution in [2.24, 2.45) is 0 Å². The second-order valence-electron chi connectivity index (χ2n) is 5.51. The summed E-state index contributed by atoms with van der Waals surface area (Å²) in [5.41, 5.74) is 2.40. The van der Waals surface area contributed by atoms with E-state index in [9.17, 15) is 9.59 Å². The zero-order chi connectivity index (χ0) is 17.8. The van der Waals surface area contributed by atoms with Crippen molar-refractivity contribution in [2.75, 3.05) is 6.54 Å². The molecule has 0 fully saturated rings. The first-order valence-corrected chi connectivity index (χ1v) is 7.70. The fraction of sp³-hybridized carbons (Fsp3) is 0.250. The second kappa shape index (κ2) is 7.04. The van der Waals surface area contributed by atoms with E-state index in [1.165, 1.54) is 21.9 Å². The largest absolute Gasteiger partial charge is 0.350 e. The van der Waals surface area contributed by atoms with E-state index in [4.69, 9.17) is 0 Å². The standard InChI is InChI=1S/C16H17N7O2/c1-11-12(2)18-9-22(16(11)25)7-6-17-15(24)13-4-3-5-14(8-13)23-10-19-20-21-23/h3-5,8-10H,6-7H2,1-2H3,(H,17,24). The van der Waals surface area contributed by atoms with Crippen LogP contribution in [-0.2, 0) is 6.54 Å². The van der Waals surface area contributed by atoms with E-state index in [1.807, 2.05) is 0 Å². The normalized spacial score (nSPS) is 10.6. The van der Waals surface area contributed by atoms with E-state index in [0.29, 0.717) is 35.6 Å². The second-order valence-corrected chi connectivity index (χ2v) is 5.51. The third-order valence-corrected chi connectivity index (χ3v) is 3.88. The molecule has 0 aliphatic carbocycles. The molecule has 3 aromatic rings. The van der Waals surface area contributed by atoms with Crippen molar-refractivity contribution in [1.82, 2.24) is 35.1 Å². The highest BCUT2D eigenvalue weighted by Crippen LogP contribution is 2.08. The van der Waals surface area contributed by atoms with Gasteiger partial charge in [0.25, 0.3) is 11.5 Å². The minimum Gasteiger partial charge on any atom is -0.350 e. The Balaban J connectivity index is 1.65. The van der Waals surface area contributed by atoms with Crippen molar-refractivity contribution in [3.63, 3.8) is 0 Å². The summed E-state index contributed by atoms with van der Waals surface area (Å²) in [5, 5.41) is 13.7. The third kappa shape index (κ3) is 3.60. The van der Waals surface area contributed by atoms with Crippen molar-refractivity contribution < 1.29 is 4.79 Å².